The van der Waals surface area contributed by atoms with E-state index in [2.05, 4.69) is 324 Å². The monoisotopic (exact) mass is 1650 g/mol. The van der Waals surface area contributed by atoms with Gasteiger partial charge in [-0.2, -0.15) is 0 Å². The second kappa shape index (κ2) is 69.5. The Morgan fingerprint density at radius 3 is 0.669 bits per heavy atom. The van der Waals surface area contributed by atoms with Gasteiger partial charge in [0.15, 0.2) is 0 Å². The summed E-state index contributed by atoms with van der Waals surface area (Å²) >= 11 is 0. The van der Waals surface area contributed by atoms with Crippen molar-refractivity contribution in [2.24, 2.45) is 16.2 Å². The standard InChI is InChI=1S/C26H18N4.C25H18.C13H12.3C5H12O.3C5H12.10C2H6/c1-3-7-17(8-4-1)25-27-21-13-11-19(15-23(21)29-25)20-12-14-22-24(16-20)30-26(28-22)18-9-5-2-6-10-18;1-3-11-19(12-4-1)25(20-13-5-2-6-14-20)23-17-9-7-15-21(23)22-16-8-10-18-24(22)25;1-3-7-12(8-4-1)11-13-9-5-2-6-10-13;3*1-5(2,3)6-4;3*1-5(2,3)4;10*1-2/h1-16H,(H,27,29)(H,28,30);1-18H;1-10H,11H2;3*1-4H3;3*1-4H3;10*1-2H3. The molecule has 1 aliphatic rings. The SMILES string of the molecule is CC.CC.CC.CC.CC.CC.CC.CC.CC.CC.CC(C)(C)C.CC(C)(C)C.CC(C)(C)C.COC(C)(C)C.COC(C)(C)C.COC(C)(C)C.c1ccc(-c2nc3ccc(-c4ccc5nc(-c6ccccc6)[nH]c5c4)cc3[nH]2)cc1.c1ccc(C2(c3ccccc3)c3ccccc3-c3ccccc32)cc1.c1ccc(Cc2ccccc2)cc1. The molecule has 10 aromatic carbocycles. The average molecular weight is 1650 g/mol. The minimum atomic E-state index is -0.254. The molecule has 121 heavy (non-hydrogen) atoms. The number of hydrogen-bond acceptors (Lipinski definition) is 5. The maximum absolute atomic E-state index is 4.94. The van der Waals surface area contributed by atoms with E-state index < -0.39 is 0 Å². The van der Waals surface area contributed by atoms with Crippen molar-refractivity contribution in [3.8, 4) is 45.0 Å². The van der Waals surface area contributed by atoms with Crippen LogP contribution in [0, 0.1) is 16.2 Å². The molecule has 2 heterocycles. The van der Waals surface area contributed by atoms with Crippen LogP contribution in [-0.2, 0) is 26.0 Å². The predicted molar refractivity (Wildman–Crippen MR) is 551 cm³/mol. The van der Waals surface area contributed by atoms with Crippen LogP contribution < -0.4 is 0 Å². The number of nitrogens with one attached hydrogen (secondary N) is 2. The number of aromatic amines is 2. The number of aromatic nitrogens is 4. The van der Waals surface area contributed by atoms with Gasteiger partial charge in [0.25, 0.3) is 0 Å². The Balaban J connectivity index is -0.000000326. The molecule has 2 aromatic heterocycles. The van der Waals surface area contributed by atoms with Crippen LogP contribution in [0.1, 0.15) is 317 Å². The molecular formula is C114H180N4O3. The lowest BCUT2D eigenvalue weighted by atomic mass is 9.68. The van der Waals surface area contributed by atoms with Crippen molar-refractivity contribution in [3.05, 3.63) is 300 Å². The molecule has 674 valence electrons. The number of ether oxygens (including phenoxy) is 3. The van der Waals surface area contributed by atoms with Crippen LogP contribution >= 0.6 is 0 Å². The second-order valence-electron chi connectivity index (χ2n) is 33.0. The molecule has 12 aromatic rings. The van der Waals surface area contributed by atoms with Crippen molar-refractivity contribution < 1.29 is 14.2 Å². The van der Waals surface area contributed by atoms with Crippen molar-refractivity contribution >= 4 is 22.1 Å². The molecule has 1 aliphatic carbocycles. The zero-order chi connectivity index (χ0) is 94.7. The van der Waals surface area contributed by atoms with Gasteiger partial charge < -0.3 is 24.2 Å². The van der Waals surface area contributed by atoms with Gasteiger partial charge in [-0.25, -0.2) is 9.97 Å². The highest BCUT2D eigenvalue weighted by Crippen LogP contribution is 2.56. The minimum Gasteiger partial charge on any atom is -0.379 e. The molecular weight excluding hydrogens is 1470 g/mol. The molecule has 0 spiro atoms. The van der Waals surface area contributed by atoms with E-state index in [1.165, 1.54) is 44.5 Å². The Kier molecular flexibility index (Phi) is 70.6. The van der Waals surface area contributed by atoms with Gasteiger partial charge in [-0.15, -0.1) is 0 Å². The lowest BCUT2D eigenvalue weighted by Gasteiger charge is -2.33. The lowest BCUT2D eigenvalue weighted by Crippen LogP contribution is -2.28. The summed E-state index contributed by atoms with van der Waals surface area (Å²) in [6.45, 7) is 84.4. The van der Waals surface area contributed by atoms with Crippen LogP contribution in [0.4, 0.5) is 0 Å². The molecule has 0 saturated carbocycles. The van der Waals surface area contributed by atoms with Crippen LogP contribution in [0.3, 0.4) is 0 Å². The van der Waals surface area contributed by atoms with Crippen molar-refractivity contribution in [2.75, 3.05) is 21.3 Å². The third-order valence-corrected chi connectivity index (χ3v) is 14.7. The second-order valence-corrected chi connectivity index (χ2v) is 33.0. The van der Waals surface area contributed by atoms with Crippen LogP contribution in [0.2, 0.25) is 0 Å². The molecule has 0 radical (unpaired) electrons. The fraction of sp³-hybridized carbons (Fsp3) is 0.456. The van der Waals surface area contributed by atoms with E-state index in [0.717, 1.165) is 62.4 Å². The summed E-state index contributed by atoms with van der Waals surface area (Å²) in [6.07, 6.45) is 1.03. The fourth-order valence-electron chi connectivity index (χ4n) is 9.67. The molecule has 0 saturated heterocycles. The topological polar surface area (TPSA) is 85.0 Å². The number of hydrogen-bond donors (Lipinski definition) is 2. The van der Waals surface area contributed by atoms with Crippen molar-refractivity contribution in [2.45, 2.75) is 313 Å². The third kappa shape index (κ3) is 54.2. The van der Waals surface area contributed by atoms with Crippen LogP contribution in [0.15, 0.2) is 267 Å². The number of benzene rings is 10. The first kappa shape index (κ1) is 123. The van der Waals surface area contributed by atoms with Gasteiger partial charge in [-0.3, -0.25) is 0 Å². The summed E-state index contributed by atoms with van der Waals surface area (Å²) in [7, 11) is 5.12. The van der Waals surface area contributed by atoms with E-state index in [0.29, 0.717) is 16.2 Å². The third-order valence-electron chi connectivity index (χ3n) is 14.7. The van der Waals surface area contributed by atoms with E-state index in [1.807, 2.05) is 237 Å². The van der Waals surface area contributed by atoms with Gasteiger partial charge in [0.1, 0.15) is 11.6 Å². The molecule has 0 aliphatic heterocycles. The summed E-state index contributed by atoms with van der Waals surface area (Å²) in [5.74, 6) is 1.78. The highest BCUT2D eigenvalue weighted by atomic mass is 16.5. The highest BCUT2D eigenvalue weighted by Gasteiger charge is 2.45. The molecule has 0 amide bonds. The summed E-state index contributed by atoms with van der Waals surface area (Å²) in [6, 6.07) is 93.6. The lowest BCUT2D eigenvalue weighted by molar-refractivity contribution is 0.0394. The van der Waals surface area contributed by atoms with Crippen LogP contribution in [0.5, 0.6) is 0 Å². The zero-order valence-electron chi connectivity index (χ0n) is 85.7. The molecule has 0 bridgehead atoms. The minimum absolute atomic E-state index is 0.0417. The number of imidazole rings is 2. The normalized spacial score (nSPS) is 10.5. The van der Waals surface area contributed by atoms with E-state index in [9.17, 15) is 0 Å². The van der Waals surface area contributed by atoms with Crippen molar-refractivity contribution in [1.82, 2.24) is 19.9 Å². The number of H-pyrrole nitrogens is 2. The number of methoxy groups -OCH3 is 3. The Bertz CT molecular complexity index is 3950. The fourth-order valence-corrected chi connectivity index (χ4v) is 9.67. The summed E-state index contributed by atoms with van der Waals surface area (Å²) in [4.78, 5) is 16.4. The number of nitrogens with zero attached hydrogens (tertiary/aromatic N) is 2. The van der Waals surface area contributed by atoms with Crippen LogP contribution in [0.25, 0.3) is 67.1 Å². The number of fused-ring (bicyclic) bond motifs is 5. The van der Waals surface area contributed by atoms with E-state index in [4.69, 9.17) is 24.2 Å². The smallest absolute Gasteiger partial charge is 0.138 e. The van der Waals surface area contributed by atoms with Gasteiger partial charge in [0.2, 0.25) is 0 Å². The maximum atomic E-state index is 4.94. The molecule has 0 unspecified atom stereocenters. The van der Waals surface area contributed by atoms with E-state index in [-0.39, 0.29) is 22.2 Å². The predicted octanol–water partition coefficient (Wildman–Crippen LogP) is 36.5. The zero-order valence-corrected chi connectivity index (χ0v) is 85.7. The molecule has 7 nitrogen and oxygen atoms in total. The van der Waals surface area contributed by atoms with Crippen LogP contribution in [-0.4, -0.2) is 58.1 Å². The average Bonchev–Trinajstić information content (AvgIpc) is 1.55. The summed E-state index contributed by atoms with van der Waals surface area (Å²) in [5, 5.41) is 0. The van der Waals surface area contributed by atoms with Crippen molar-refractivity contribution in [3.63, 3.8) is 0 Å². The molecule has 7 heteroatoms. The van der Waals surface area contributed by atoms with Gasteiger partial charge in [0.05, 0.1) is 44.3 Å². The Labute approximate surface area is 747 Å². The first-order chi connectivity index (χ1) is 57.4. The van der Waals surface area contributed by atoms with Gasteiger partial charge in [-0.1, -0.05) is 464 Å². The highest BCUT2D eigenvalue weighted by molar-refractivity contribution is 5.89. The number of rotatable bonds is 7. The quantitative estimate of drug-likeness (QED) is 0.166. The van der Waals surface area contributed by atoms with Gasteiger partial charge >= 0.3 is 0 Å². The maximum Gasteiger partial charge on any atom is 0.138 e. The Morgan fingerprint density at radius 2 is 0.446 bits per heavy atom. The van der Waals surface area contributed by atoms with E-state index in [1.54, 1.807) is 21.3 Å². The van der Waals surface area contributed by atoms with E-state index >= 15 is 0 Å². The Morgan fingerprint density at radius 1 is 0.248 bits per heavy atom. The molecule has 0 fully saturated rings. The largest absolute Gasteiger partial charge is 0.379 e. The molecule has 0 atom stereocenters. The molecule has 2 N–H and O–H groups in total. The van der Waals surface area contributed by atoms with Gasteiger partial charge in [-0.05, 0) is 165 Å². The van der Waals surface area contributed by atoms with Crippen molar-refractivity contribution in [1.29, 1.82) is 0 Å². The Hall–Kier alpha value is -8.98. The summed E-state index contributed by atoms with van der Waals surface area (Å²) < 4.78 is 14.8. The summed E-state index contributed by atoms with van der Waals surface area (Å²) in [5.41, 5.74) is 20.6. The first-order valence-electron chi connectivity index (χ1n) is 45.5. The molecule has 13 rings (SSSR count). The van der Waals surface area contributed by atoms with Gasteiger partial charge in [0, 0.05) is 32.5 Å². The first-order valence-corrected chi connectivity index (χ1v) is 45.5.